The molecule has 0 aliphatic carbocycles. The van der Waals surface area contributed by atoms with Gasteiger partial charge in [0.15, 0.2) is 0 Å². The van der Waals surface area contributed by atoms with Gasteiger partial charge < -0.3 is 14.2 Å². The number of morpholine rings is 1. The van der Waals surface area contributed by atoms with E-state index in [1.54, 1.807) is 12.4 Å². The van der Waals surface area contributed by atoms with E-state index in [2.05, 4.69) is 19.8 Å². The molecule has 1 aromatic carbocycles. The highest BCUT2D eigenvalue weighted by atomic mass is 35.5. The van der Waals surface area contributed by atoms with Gasteiger partial charge in [-0.1, -0.05) is 29.3 Å². The maximum absolute atomic E-state index is 6.12. The molecule has 1 aromatic heterocycles. The van der Waals surface area contributed by atoms with E-state index >= 15 is 0 Å². The van der Waals surface area contributed by atoms with Crippen LogP contribution in [0.15, 0.2) is 30.6 Å². The van der Waals surface area contributed by atoms with Gasteiger partial charge in [0, 0.05) is 39.3 Å². The van der Waals surface area contributed by atoms with Gasteiger partial charge in [0.1, 0.15) is 12.7 Å². The van der Waals surface area contributed by atoms with Crippen molar-refractivity contribution in [2.45, 2.75) is 19.1 Å². The molecule has 0 amide bonds. The molecule has 2 saturated heterocycles. The number of aromatic nitrogens is 2. The van der Waals surface area contributed by atoms with E-state index in [4.69, 9.17) is 37.4 Å². The van der Waals surface area contributed by atoms with Crippen LogP contribution in [0.4, 0.5) is 0 Å². The Morgan fingerprint density at radius 3 is 2.70 bits per heavy atom. The Balaban J connectivity index is 1.23. The highest BCUT2D eigenvalue weighted by Crippen LogP contribution is 2.25. The minimum Gasteiger partial charge on any atom is -0.475 e. The average molecular weight is 453 g/mol. The van der Waals surface area contributed by atoms with Crippen molar-refractivity contribution in [3.8, 4) is 11.8 Å². The van der Waals surface area contributed by atoms with Gasteiger partial charge in [-0.2, -0.15) is 4.98 Å². The number of benzene rings is 1. The zero-order valence-corrected chi connectivity index (χ0v) is 18.3. The predicted octanol–water partition coefficient (Wildman–Crippen LogP) is 3.15. The smallest absolute Gasteiger partial charge is 0.235 e. The first-order valence-electron chi connectivity index (χ1n) is 10.2. The molecule has 0 spiro atoms. The van der Waals surface area contributed by atoms with Crippen LogP contribution in [0.1, 0.15) is 12.0 Å². The van der Waals surface area contributed by atoms with Crippen LogP contribution in [0.25, 0.3) is 0 Å². The van der Waals surface area contributed by atoms with Gasteiger partial charge in [-0.25, -0.2) is 0 Å². The van der Waals surface area contributed by atoms with Crippen LogP contribution in [0.2, 0.25) is 10.0 Å². The summed E-state index contributed by atoms with van der Waals surface area (Å²) in [6.07, 6.45) is 4.27. The Kier molecular flexibility index (Phi) is 7.62. The highest BCUT2D eigenvalue weighted by molar-refractivity contribution is 6.42. The number of ether oxygens (including phenoxy) is 3. The first-order valence-corrected chi connectivity index (χ1v) is 11.0. The zero-order chi connectivity index (χ0) is 20.8. The lowest BCUT2D eigenvalue weighted by Gasteiger charge is -2.26. The van der Waals surface area contributed by atoms with Crippen molar-refractivity contribution in [2.75, 3.05) is 52.5 Å². The molecular weight excluding hydrogens is 427 g/mol. The standard InChI is InChI=1S/C21H26Cl2N4O3/c22-18-2-1-16(11-19(18)23)14-27-4-3-17(15-27)30-21-13-24-12-20(25-21)29-10-7-26-5-8-28-9-6-26/h1-2,11-13,17H,3-10,14-15H2. The predicted molar refractivity (Wildman–Crippen MR) is 116 cm³/mol. The molecule has 0 bridgehead atoms. The van der Waals surface area contributed by atoms with Gasteiger partial charge >= 0.3 is 0 Å². The fraction of sp³-hybridized carbons (Fsp3) is 0.524. The molecule has 7 nitrogen and oxygen atoms in total. The molecule has 3 heterocycles. The molecular formula is C21H26Cl2N4O3. The van der Waals surface area contributed by atoms with Crippen LogP contribution in [-0.4, -0.2) is 78.4 Å². The topological polar surface area (TPSA) is 60.0 Å². The lowest BCUT2D eigenvalue weighted by Crippen LogP contribution is -2.38. The summed E-state index contributed by atoms with van der Waals surface area (Å²) in [6.45, 7) is 7.46. The summed E-state index contributed by atoms with van der Waals surface area (Å²) in [7, 11) is 0. The normalized spacial score (nSPS) is 20.4. The molecule has 9 heteroatoms. The molecule has 30 heavy (non-hydrogen) atoms. The number of halogens is 2. The van der Waals surface area contributed by atoms with Crippen LogP contribution in [0.5, 0.6) is 11.8 Å². The lowest BCUT2D eigenvalue weighted by atomic mass is 10.2. The van der Waals surface area contributed by atoms with Crippen LogP contribution in [0.3, 0.4) is 0 Å². The third-order valence-corrected chi connectivity index (χ3v) is 6.00. The Hall–Kier alpha value is -1.64. The third kappa shape index (κ3) is 6.18. The number of nitrogens with zero attached hydrogens (tertiary/aromatic N) is 4. The molecule has 0 saturated carbocycles. The van der Waals surface area contributed by atoms with E-state index < -0.39 is 0 Å². The Morgan fingerprint density at radius 2 is 1.87 bits per heavy atom. The van der Waals surface area contributed by atoms with E-state index in [9.17, 15) is 0 Å². The van der Waals surface area contributed by atoms with Crippen molar-refractivity contribution < 1.29 is 14.2 Å². The van der Waals surface area contributed by atoms with E-state index in [0.29, 0.717) is 28.4 Å². The maximum atomic E-state index is 6.12. The van der Waals surface area contributed by atoms with Gasteiger partial charge in [-0.3, -0.25) is 14.8 Å². The number of hydrogen-bond acceptors (Lipinski definition) is 7. The van der Waals surface area contributed by atoms with Crippen LogP contribution in [0, 0.1) is 0 Å². The van der Waals surface area contributed by atoms with Crippen LogP contribution >= 0.6 is 23.2 Å². The second-order valence-corrected chi connectivity index (χ2v) is 8.32. The van der Waals surface area contributed by atoms with Gasteiger partial charge in [0.25, 0.3) is 0 Å². The second-order valence-electron chi connectivity index (χ2n) is 7.51. The fourth-order valence-corrected chi connectivity index (χ4v) is 3.99. The fourth-order valence-electron chi connectivity index (χ4n) is 3.67. The lowest BCUT2D eigenvalue weighted by molar-refractivity contribution is 0.0319. The number of rotatable bonds is 8. The van der Waals surface area contributed by atoms with E-state index in [-0.39, 0.29) is 6.10 Å². The first kappa shape index (κ1) is 21.6. The molecule has 4 rings (SSSR count). The monoisotopic (exact) mass is 452 g/mol. The summed E-state index contributed by atoms with van der Waals surface area (Å²) in [4.78, 5) is 13.3. The summed E-state index contributed by atoms with van der Waals surface area (Å²) in [6, 6.07) is 5.76. The molecule has 0 radical (unpaired) electrons. The van der Waals surface area contributed by atoms with Crippen molar-refractivity contribution in [1.82, 2.24) is 19.8 Å². The summed E-state index contributed by atoms with van der Waals surface area (Å²) in [5, 5.41) is 1.16. The molecule has 2 aliphatic heterocycles. The second kappa shape index (κ2) is 10.6. The van der Waals surface area contributed by atoms with Crippen molar-refractivity contribution in [2.24, 2.45) is 0 Å². The summed E-state index contributed by atoms with van der Waals surface area (Å²) in [5.41, 5.74) is 1.14. The molecule has 2 aromatic rings. The summed E-state index contributed by atoms with van der Waals surface area (Å²) < 4.78 is 17.2. The maximum Gasteiger partial charge on any atom is 0.235 e. The minimum absolute atomic E-state index is 0.0747. The van der Waals surface area contributed by atoms with Crippen LogP contribution < -0.4 is 9.47 Å². The van der Waals surface area contributed by atoms with E-state index in [1.807, 2.05) is 18.2 Å². The summed E-state index contributed by atoms with van der Waals surface area (Å²) in [5.74, 6) is 0.992. The zero-order valence-electron chi connectivity index (χ0n) is 16.8. The SMILES string of the molecule is Clc1ccc(CN2CCC(Oc3cncc(OCCN4CCOCC4)n3)C2)cc1Cl. The molecule has 0 N–H and O–H groups in total. The van der Waals surface area contributed by atoms with Gasteiger partial charge in [-0.15, -0.1) is 0 Å². The molecule has 2 fully saturated rings. The Morgan fingerprint density at radius 1 is 1.03 bits per heavy atom. The van der Waals surface area contributed by atoms with Crippen molar-refractivity contribution in [3.05, 3.63) is 46.2 Å². The molecule has 162 valence electrons. The van der Waals surface area contributed by atoms with Gasteiger partial charge in [0.05, 0.1) is 35.7 Å². The van der Waals surface area contributed by atoms with Gasteiger partial charge in [0.2, 0.25) is 11.8 Å². The molecule has 1 unspecified atom stereocenters. The largest absolute Gasteiger partial charge is 0.475 e. The molecule has 1 atom stereocenters. The van der Waals surface area contributed by atoms with Crippen molar-refractivity contribution >= 4 is 23.2 Å². The van der Waals surface area contributed by atoms with Gasteiger partial charge in [-0.05, 0) is 24.1 Å². The number of likely N-dealkylation sites (tertiary alicyclic amines) is 1. The van der Waals surface area contributed by atoms with Crippen molar-refractivity contribution in [1.29, 1.82) is 0 Å². The quantitative estimate of drug-likeness (QED) is 0.609. The highest BCUT2D eigenvalue weighted by Gasteiger charge is 2.24. The van der Waals surface area contributed by atoms with E-state index in [1.165, 1.54) is 0 Å². The third-order valence-electron chi connectivity index (χ3n) is 5.26. The minimum atomic E-state index is 0.0747. The van der Waals surface area contributed by atoms with Crippen molar-refractivity contribution in [3.63, 3.8) is 0 Å². The first-order chi connectivity index (χ1) is 14.7. The van der Waals surface area contributed by atoms with E-state index in [0.717, 1.165) is 64.5 Å². The number of hydrogen-bond donors (Lipinski definition) is 0. The van der Waals surface area contributed by atoms with Crippen LogP contribution in [-0.2, 0) is 11.3 Å². The molecule has 2 aliphatic rings. The summed E-state index contributed by atoms with van der Waals surface area (Å²) >= 11 is 12.1. The Labute approximate surface area is 186 Å². The Bertz CT molecular complexity index is 836. The average Bonchev–Trinajstić information content (AvgIpc) is 3.18.